The van der Waals surface area contributed by atoms with Crippen molar-refractivity contribution in [3.8, 4) is 0 Å². The van der Waals surface area contributed by atoms with Gasteiger partial charge in [-0.3, -0.25) is 4.79 Å². The van der Waals surface area contributed by atoms with Gasteiger partial charge in [-0.05, 0) is 50.1 Å². The summed E-state index contributed by atoms with van der Waals surface area (Å²) in [5, 5.41) is 5.94. The lowest BCUT2D eigenvalue weighted by Gasteiger charge is -2.32. The minimum Gasteiger partial charge on any atom is -0.377 e. The maximum atomic E-state index is 13.1. The van der Waals surface area contributed by atoms with Gasteiger partial charge < -0.3 is 20.4 Å². The Morgan fingerprint density at radius 3 is 2.23 bits per heavy atom. The van der Waals surface area contributed by atoms with E-state index in [1.807, 2.05) is 100 Å². The highest BCUT2D eigenvalue weighted by atomic mass is 16.2. The third kappa shape index (κ3) is 6.24. The molecule has 2 aromatic rings. The molecule has 2 aromatic carbocycles. The molecule has 2 rings (SSSR count). The third-order valence-electron chi connectivity index (χ3n) is 4.93. The summed E-state index contributed by atoms with van der Waals surface area (Å²) in [6, 6.07) is 15.6. The van der Waals surface area contributed by atoms with E-state index in [1.54, 1.807) is 0 Å². The predicted molar refractivity (Wildman–Crippen MR) is 124 cm³/mol. The Hall–Kier alpha value is -3.02. The van der Waals surface area contributed by atoms with E-state index in [-0.39, 0.29) is 24.0 Å². The van der Waals surface area contributed by atoms with Gasteiger partial charge in [0.1, 0.15) is 0 Å². The van der Waals surface area contributed by atoms with Crippen molar-refractivity contribution in [1.82, 2.24) is 10.2 Å². The second-order valence-corrected chi connectivity index (χ2v) is 7.96. The molecule has 0 bridgehead atoms. The van der Waals surface area contributed by atoms with Gasteiger partial charge in [0.05, 0.1) is 12.6 Å². The Morgan fingerprint density at radius 1 is 1.00 bits per heavy atom. The summed E-state index contributed by atoms with van der Waals surface area (Å²) in [5.41, 5.74) is 3.78. The van der Waals surface area contributed by atoms with Gasteiger partial charge in [0, 0.05) is 37.9 Å². The van der Waals surface area contributed by atoms with Crippen LogP contribution in [0.25, 0.3) is 0 Å². The van der Waals surface area contributed by atoms with Crippen molar-refractivity contribution in [1.29, 1.82) is 0 Å². The van der Waals surface area contributed by atoms with E-state index in [0.29, 0.717) is 13.0 Å². The minimum absolute atomic E-state index is 0.0338. The van der Waals surface area contributed by atoms with Gasteiger partial charge in [0.25, 0.3) is 0 Å². The highest BCUT2D eigenvalue weighted by Crippen LogP contribution is 2.29. The molecule has 30 heavy (non-hydrogen) atoms. The average Bonchev–Trinajstić information content (AvgIpc) is 2.71. The Balaban J connectivity index is 2.42. The molecule has 0 fully saturated rings. The third-order valence-corrected chi connectivity index (χ3v) is 4.93. The van der Waals surface area contributed by atoms with Crippen LogP contribution >= 0.6 is 0 Å². The maximum absolute atomic E-state index is 13.1. The molecule has 0 saturated heterocycles. The van der Waals surface area contributed by atoms with Crippen LogP contribution in [0.2, 0.25) is 0 Å². The van der Waals surface area contributed by atoms with Crippen molar-refractivity contribution in [2.24, 2.45) is 0 Å². The first-order valence-corrected chi connectivity index (χ1v) is 10.4. The minimum atomic E-state index is -0.117. The fourth-order valence-corrected chi connectivity index (χ4v) is 3.29. The summed E-state index contributed by atoms with van der Waals surface area (Å²) in [4.78, 5) is 28.8. The van der Waals surface area contributed by atoms with Gasteiger partial charge in [-0.15, -0.1) is 0 Å². The Labute approximate surface area is 180 Å². The molecule has 6 nitrogen and oxygen atoms in total. The van der Waals surface area contributed by atoms with Crippen molar-refractivity contribution in [2.75, 3.05) is 24.3 Å². The zero-order valence-corrected chi connectivity index (χ0v) is 18.9. The van der Waals surface area contributed by atoms with Gasteiger partial charge in [-0.25, -0.2) is 4.79 Å². The van der Waals surface area contributed by atoms with E-state index < -0.39 is 0 Å². The van der Waals surface area contributed by atoms with Crippen LogP contribution in [-0.2, 0) is 11.3 Å². The molecule has 1 unspecified atom stereocenters. The molecule has 0 heterocycles. The number of anilines is 2. The molecule has 0 aromatic heterocycles. The maximum Gasteiger partial charge on any atom is 0.318 e. The number of rotatable bonds is 8. The molecule has 6 heteroatoms. The fourth-order valence-electron chi connectivity index (χ4n) is 3.29. The number of carbonyl (C=O) groups is 2. The highest BCUT2D eigenvalue weighted by Gasteiger charge is 2.24. The van der Waals surface area contributed by atoms with Crippen LogP contribution in [-0.4, -0.2) is 37.0 Å². The molecule has 0 spiro atoms. The molecular weight excluding hydrogens is 376 g/mol. The van der Waals surface area contributed by atoms with Gasteiger partial charge in [-0.1, -0.05) is 37.3 Å². The number of amides is 3. The van der Waals surface area contributed by atoms with Crippen LogP contribution < -0.4 is 15.5 Å². The quantitative estimate of drug-likeness (QED) is 0.658. The lowest BCUT2D eigenvalue weighted by Crippen LogP contribution is -2.43. The van der Waals surface area contributed by atoms with Crippen LogP contribution in [0.5, 0.6) is 0 Å². The summed E-state index contributed by atoms with van der Waals surface area (Å²) in [6.45, 7) is 8.18. The Bertz CT molecular complexity index is 850. The number of carbonyl (C=O) groups excluding carboxylic acids is 2. The van der Waals surface area contributed by atoms with Gasteiger partial charge in [-0.2, -0.15) is 0 Å². The van der Waals surface area contributed by atoms with E-state index in [2.05, 4.69) is 10.6 Å². The predicted octanol–water partition coefficient (Wildman–Crippen LogP) is 4.78. The lowest BCUT2D eigenvalue weighted by atomic mass is 10.0. The first-order chi connectivity index (χ1) is 14.2. The van der Waals surface area contributed by atoms with E-state index in [1.165, 1.54) is 0 Å². The van der Waals surface area contributed by atoms with Gasteiger partial charge >= 0.3 is 6.03 Å². The molecule has 0 aliphatic carbocycles. The second kappa shape index (κ2) is 10.7. The van der Waals surface area contributed by atoms with Crippen molar-refractivity contribution >= 4 is 23.3 Å². The Morgan fingerprint density at radius 2 is 1.67 bits per heavy atom. The molecule has 162 valence electrons. The van der Waals surface area contributed by atoms with Crippen molar-refractivity contribution in [3.05, 3.63) is 59.7 Å². The van der Waals surface area contributed by atoms with E-state index in [0.717, 1.165) is 22.5 Å². The number of urea groups is 1. The van der Waals surface area contributed by atoms with Crippen LogP contribution in [0.4, 0.5) is 16.2 Å². The molecule has 3 amide bonds. The number of hydrogen-bond donors (Lipinski definition) is 2. The molecule has 2 N–H and O–H groups in total. The largest absolute Gasteiger partial charge is 0.377 e. The first kappa shape index (κ1) is 23.3. The summed E-state index contributed by atoms with van der Waals surface area (Å²) < 4.78 is 0. The number of benzene rings is 2. The van der Waals surface area contributed by atoms with Crippen molar-refractivity contribution in [3.63, 3.8) is 0 Å². The van der Waals surface area contributed by atoms with E-state index >= 15 is 0 Å². The molecule has 0 aliphatic heterocycles. The summed E-state index contributed by atoms with van der Waals surface area (Å²) in [5.74, 6) is -0.0365. The molecule has 0 saturated carbocycles. The van der Waals surface area contributed by atoms with Gasteiger partial charge in [0.2, 0.25) is 5.91 Å². The topological polar surface area (TPSA) is 64.7 Å². The fraction of sp³-hybridized carbons (Fsp3) is 0.417. The standard InChI is InChI=1S/C24H34N4O2/c1-7-23(29)26-21-13-14-22(27(5)6)20(15-21)16-28(24(30)25-17(2)3)18(4)19-11-9-8-10-12-19/h8-15,17-18H,7,16H2,1-6H3,(H,25,30)(H,26,29). The number of nitrogens with zero attached hydrogens (tertiary/aromatic N) is 2. The summed E-state index contributed by atoms with van der Waals surface area (Å²) >= 11 is 0. The van der Waals surface area contributed by atoms with Crippen LogP contribution in [0, 0.1) is 0 Å². The molecular formula is C24H34N4O2. The van der Waals surface area contributed by atoms with Gasteiger partial charge in [0.15, 0.2) is 0 Å². The monoisotopic (exact) mass is 410 g/mol. The highest BCUT2D eigenvalue weighted by molar-refractivity contribution is 5.91. The zero-order valence-electron chi connectivity index (χ0n) is 18.9. The average molecular weight is 411 g/mol. The molecule has 0 radical (unpaired) electrons. The zero-order chi connectivity index (χ0) is 22.3. The Kier molecular flexibility index (Phi) is 8.27. The SMILES string of the molecule is CCC(=O)Nc1ccc(N(C)C)c(CN(C(=O)NC(C)C)C(C)c2ccccc2)c1. The normalized spacial score (nSPS) is 11.7. The van der Waals surface area contributed by atoms with E-state index in [4.69, 9.17) is 0 Å². The van der Waals surface area contributed by atoms with Crippen LogP contribution in [0.3, 0.4) is 0 Å². The van der Waals surface area contributed by atoms with Crippen LogP contribution in [0.15, 0.2) is 48.5 Å². The van der Waals surface area contributed by atoms with Crippen molar-refractivity contribution in [2.45, 2.75) is 52.7 Å². The smallest absolute Gasteiger partial charge is 0.318 e. The first-order valence-electron chi connectivity index (χ1n) is 10.4. The number of nitrogens with one attached hydrogen (secondary N) is 2. The summed E-state index contributed by atoms with van der Waals surface area (Å²) in [7, 11) is 3.95. The molecule has 0 aliphatic rings. The second-order valence-electron chi connectivity index (χ2n) is 7.96. The molecule has 1 atom stereocenters. The number of hydrogen-bond acceptors (Lipinski definition) is 3. The van der Waals surface area contributed by atoms with Crippen molar-refractivity contribution < 1.29 is 9.59 Å². The van der Waals surface area contributed by atoms with Crippen LogP contribution in [0.1, 0.15) is 51.3 Å². The van der Waals surface area contributed by atoms with E-state index in [9.17, 15) is 9.59 Å². The lowest BCUT2D eigenvalue weighted by molar-refractivity contribution is -0.115. The summed E-state index contributed by atoms with van der Waals surface area (Å²) in [6.07, 6.45) is 0.415.